The van der Waals surface area contributed by atoms with Gasteiger partial charge in [-0.05, 0) is 38.1 Å². The highest BCUT2D eigenvalue weighted by molar-refractivity contribution is 5.95. The number of amides is 1. The molecule has 1 N–H and O–H groups in total. The van der Waals surface area contributed by atoms with Gasteiger partial charge < -0.3 is 10.0 Å². The highest BCUT2D eigenvalue weighted by Gasteiger charge is 2.53. The predicted octanol–water partition coefficient (Wildman–Crippen LogP) is 3.25. The molecule has 27 heavy (non-hydrogen) atoms. The lowest BCUT2D eigenvalue weighted by Gasteiger charge is -2.25. The smallest absolute Gasteiger partial charge is 0.394 e. The minimum Gasteiger partial charge on any atom is -0.481 e. The molecule has 0 radical (unpaired) electrons. The van der Waals surface area contributed by atoms with Crippen LogP contribution in [-0.2, 0) is 11.3 Å². The maximum Gasteiger partial charge on any atom is 0.394 e. The number of aliphatic carboxylic acids is 1. The fourth-order valence-electron chi connectivity index (χ4n) is 3.38. The number of carboxylic acid groups (broad SMARTS) is 1. The summed E-state index contributed by atoms with van der Waals surface area (Å²) in [5.41, 5.74) is 1.26. The lowest BCUT2D eigenvalue weighted by Crippen LogP contribution is -2.34. The molecule has 1 saturated heterocycles. The molecule has 0 bridgehead atoms. The van der Waals surface area contributed by atoms with Crippen molar-refractivity contribution < 1.29 is 27.9 Å². The second-order valence-electron chi connectivity index (χ2n) is 7.16. The van der Waals surface area contributed by atoms with E-state index in [9.17, 15) is 22.8 Å². The molecule has 0 saturated carbocycles. The molecule has 1 heterocycles. The first-order valence-electron chi connectivity index (χ1n) is 8.96. The summed E-state index contributed by atoms with van der Waals surface area (Å²) in [6.45, 7) is 6.76. The first-order valence-corrected chi connectivity index (χ1v) is 8.96. The quantitative estimate of drug-likeness (QED) is 0.815. The number of benzene rings is 1. The van der Waals surface area contributed by atoms with E-state index in [1.807, 2.05) is 0 Å². The molecule has 5 nitrogen and oxygen atoms in total. The van der Waals surface area contributed by atoms with Crippen molar-refractivity contribution in [1.82, 2.24) is 9.80 Å². The lowest BCUT2D eigenvalue weighted by atomic mass is 9.96. The van der Waals surface area contributed by atoms with E-state index in [0.717, 1.165) is 17.0 Å². The number of alkyl halides is 3. The third-order valence-electron chi connectivity index (χ3n) is 5.07. The van der Waals surface area contributed by atoms with E-state index in [1.165, 1.54) is 0 Å². The Hall–Kier alpha value is -2.09. The average Bonchev–Trinajstić information content (AvgIpc) is 3.05. The van der Waals surface area contributed by atoms with Gasteiger partial charge in [0.15, 0.2) is 0 Å². The van der Waals surface area contributed by atoms with E-state index in [4.69, 9.17) is 5.11 Å². The number of halogens is 3. The number of carboxylic acids is 1. The molecule has 0 unspecified atom stereocenters. The standard InChI is InChI=1S/C19H25F3N2O3/c1-4-23(12(2)3)9-13-5-7-14(8-6-13)17(25)24-10-15(18(26)27)16(11-24)19(20,21)22/h5-8,12,15-16H,4,9-11H2,1-3H3,(H,26,27)/t15-,16-/m1/s1. The summed E-state index contributed by atoms with van der Waals surface area (Å²) < 4.78 is 39.2. The van der Waals surface area contributed by atoms with Gasteiger partial charge in [0.2, 0.25) is 0 Å². The molecular formula is C19H25F3N2O3. The maximum atomic E-state index is 13.1. The van der Waals surface area contributed by atoms with Gasteiger partial charge in [0.1, 0.15) is 0 Å². The van der Waals surface area contributed by atoms with Crippen molar-refractivity contribution in [3.05, 3.63) is 35.4 Å². The first-order chi connectivity index (χ1) is 12.5. The predicted molar refractivity (Wildman–Crippen MR) is 94.2 cm³/mol. The third-order valence-corrected chi connectivity index (χ3v) is 5.07. The Bertz CT molecular complexity index is 674. The monoisotopic (exact) mass is 386 g/mol. The van der Waals surface area contributed by atoms with Gasteiger partial charge in [0.05, 0.1) is 11.8 Å². The van der Waals surface area contributed by atoms with Crippen LogP contribution >= 0.6 is 0 Å². The van der Waals surface area contributed by atoms with Crippen LogP contribution in [-0.4, -0.2) is 58.6 Å². The van der Waals surface area contributed by atoms with Crippen LogP contribution in [0.15, 0.2) is 24.3 Å². The summed E-state index contributed by atoms with van der Waals surface area (Å²) in [6, 6.07) is 7.10. The molecule has 150 valence electrons. The van der Waals surface area contributed by atoms with E-state index >= 15 is 0 Å². The molecule has 1 fully saturated rings. The Kier molecular flexibility index (Phi) is 6.51. The van der Waals surface area contributed by atoms with Crippen LogP contribution < -0.4 is 0 Å². The average molecular weight is 386 g/mol. The van der Waals surface area contributed by atoms with Gasteiger partial charge in [0, 0.05) is 31.2 Å². The number of rotatable bonds is 6. The van der Waals surface area contributed by atoms with Gasteiger partial charge in [-0.25, -0.2) is 0 Å². The fraction of sp³-hybridized carbons (Fsp3) is 0.579. The largest absolute Gasteiger partial charge is 0.481 e. The van der Waals surface area contributed by atoms with Crippen molar-refractivity contribution in [1.29, 1.82) is 0 Å². The van der Waals surface area contributed by atoms with Crippen LogP contribution in [0.5, 0.6) is 0 Å². The molecule has 1 amide bonds. The minimum atomic E-state index is -4.65. The number of carbonyl (C=O) groups excluding carboxylic acids is 1. The Balaban J connectivity index is 2.10. The summed E-state index contributed by atoms with van der Waals surface area (Å²) in [4.78, 5) is 26.9. The summed E-state index contributed by atoms with van der Waals surface area (Å²) in [5.74, 6) is -5.77. The van der Waals surface area contributed by atoms with Crippen LogP contribution in [0.4, 0.5) is 13.2 Å². The van der Waals surface area contributed by atoms with Gasteiger partial charge in [-0.2, -0.15) is 13.2 Å². The number of hydrogen-bond acceptors (Lipinski definition) is 3. The van der Waals surface area contributed by atoms with E-state index in [1.54, 1.807) is 24.3 Å². The van der Waals surface area contributed by atoms with Crippen LogP contribution in [0.25, 0.3) is 0 Å². The van der Waals surface area contributed by atoms with Gasteiger partial charge in [-0.3, -0.25) is 14.5 Å². The van der Waals surface area contributed by atoms with Gasteiger partial charge in [-0.1, -0.05) is 19.1 Å². The van der Waals surface area contributed by atoms with Crippen LogP contribution in [0.2, 0.25) is 0 Å². The summed E-state index contributed by atoms with van der Waals surface area (Å²) in [6.07, 6.45) is -4.65. The van der Waals surface area contributed by atoms with Gasteiger partial charge in [0.25, 0.3) is 5.91 Å². The second-order valence-corrected chi connectivity index (χ2v) is 7.16. The molecule has 2 rings (SSSR count). The van der Waals surface area contributed by atoms with E-state index in [0.29, 0.717) is 12.6 Å². The summed E-state index contributed by atoms with van der Waals surface area (Å²) in [5, 5.41) is 9.06. The topological polar surface area (TPSA) is 60.9 Å². The summed E-state index contributed by atoms with van der Waals surface area (Å²) in [7, 11) is 0. The summed E-state index contributed by atoms with van der Waals surface area (Å²) >= 11 is 0. The van der Waals surface area contributed by atoms with Gasteiger partial charge in [-0.15, -0.1) is 0 Å². The van der Waals surface area contributed by atoms with Gasteiger partial charge >= 0.3 is 12.1 Å². The lowest BCUT2D eigenvalue weighted by molar-refractivity contribution is -0.187. The number of nitrogens with zero attached hydrogens (tertiary/aromatic N) is 2. The van der Waals surface area contributed by atoms with E-state index in [2.05, 4.69) is 25.7 Å². The molecule has 1 aliphatic heterocycles. The zero-order chi connectivity index (χ0) is 20.4. The molecular weight excluding hydrogens is 361 g/mol. The number of carbonyl (C=O) groups is 2. The molecule has 1 aromatic rings. The van der Waals surface area contributed by atoms with Crippen molar-refractivity contribution in [2.75, 3.05) is 19.6 Å². The number of hydrogen-bond donors (Lipinski definition) is 1. The molecule has 8 heteroatoms. The normalized spacial score (nSPS) is 20.5. The van der Waals surface area contributed by atoms with E-state index in [-0.39, 0.29) is 5.56 Å². The fourth-order valence-corrected chi connectivity index (χ4v) is 3.38. The third kappa shape index (κ3) is 5.00. The van der Waals surface area contributed by atoms with Crippen molar-refractivity contribution in [2.45, 2.75) is 39.5 Å². The van der Waals surface area contributed by atoms with Crippen molar-refractivity contribution in [3.63, 3.8) is 0 Å². The highest BCUT2D eigenvalue weighted by atomic mass is 19.4. The molecule has 1 aromatic carbocycles. The van der Waals surface area contributed by atoms with Crippen molar-refractivity contribution in [2.24, 2.45) is 11.8 Å². The Morgan fingerprint density at radius 3 is 2.22 bits per heavy atom. The Morgan fingerprint density at radius 2 is 1.81 bits per heavy atom. The van der Waals surface area contributed by atoms with Crippen molar-refractivity contribution in [3.8, 4) is 0 Å². The van der Waals surface area contributed by atoms with Crippen LogP contribution in [0.1, 0.15) is 36.7 Å². The minimum absolute atomic E-state index is 0.262. The maximum absolute atomic E-state index is 13.1. The highest BCUT2D eigenvalue weighted by Crippen LogP contribution is 2.38. The Labute approximate surface area is 156 Å². The van der Waals surface area contributed by atoms with Crippen LogP contribution in [0, 0.1) is 11.8 Å². The SMILES string of the molecule is CCN(Cc1ccc(C(=O)N2C[C@@H](C(F)(F)F)[C@H](C(=O)O)C2)cc1)C(C)C. The first kappa shape index (κ1) is 21.2. The van der Waals surface area contributed by atoms with Crippen LogP contribution in [0.3, 0.4) is 0 Å². The molecule has 0 aromatic heterocycles. The zero-order valence-corrected chi connectivity index (χ0v) is 15.7. The zero-order valence-electron chi connectivity index (χ0n) is 15.7. The molecule has 2 atom stereocenters. The number of likely N-dealkylation sites (tertiary alicyclic amines) is 1. The Morgan fingerprint density at radius 1 is 1.22 bits per heavy atom. The van der Waals surface area contributed by atoms with E-state index < -0.39 is 43.0 Å². The molecule has 1 aliphatic rings. The second kappa shape index (κ2) is 8.29. The van der Waals surface area contributed by atoms with Crippen molar-refractivity contribution >= 4 is 11.9 Å². The molecule has 0 aliphatic carbocycles. The molecule has 0 spiro atoms.